The molecule has 0 bridgehead atoms. The first-order valence-electron chi connectivity index (χ1n) is 9.83. The molecule has 0 atom stereocenters. The van der Waals surface area contributed by atoms with Gasteiger partial charge >= 0.3 is 6.18 Å². The number of carbonyl (C=O) groups excluding carboxylic acids is 1. The third kappa shape index (κ3) is 6.27. The van der Waals surface area contributed by atoms with Crippen LogP contribution in [0.4, 0.5) is 24.8 Å². The number of nitrogens with one attached hydrogen (secondary N) is 2. The lowest BCUT2D eigenvalue weighted by Gasteiger charge is -2.09. The summed E-state index contributed by atoms with van der Waals surface area (Å²) in [6.45, 7) is 3.37. The lowest BCUT2D eigenvalue weighted by Crippen LogP contribution is -2.24. The molecular weight excluding hydrogens is 409 g/mol. The fourth-order valence-electron chi connectivity index (χ4n) is 2.88. The number of amides is 1. The molecule has 0 spiro atoms. The minimum atomic E-state index is -4.35. The molecule has 7 nitrogen and oxygen atoms in total. The van der Waals surface area contributed by atoms with Crippen molar-refractivity contribution in [3.8, 4) is 11.3 Å². The fraction of sp³-hybridized carbons (Fsp3) is 0.333. The summed E-state index contributed by atoms with van der Waals surface area (Å²) in [5.74, 6) is 0.103. The smallest absolute Gasteiger partial charge is 0.352 e. The summed E-state index contributed by atoms with van der Waals surface area (Å²) in [5.41, 5.74) is 3.16. The minimum Gasteiger partial charge on any atom is -0.352 e. The molecule has 0 aliphatic rings. The second-order valence-electron chi connectivity index (χ2n) is 7.08. The molecule has 0 unspecified atom stereocenters. The number of aryl methyl sites for hydroxylation is 1. The van der Waals surface area contributed by atoms with E-state index in [4.69, 9.17) is 0 Å². The zero-order valence-electron chi connectivity index (χ0n) is 17.2. The van der Waals surface area contributed by atoms with Crippen molar-refractivity contribution >= 4 is 17.5 Å². The van der Waals surface area contributed by atoms with E-state index in [1.165, 1.54) is 12.4 Å². The Bertz CT molecular complexity index is 1030. The number of hydrogen-bond acceptors (Lipinski definition) is 5. The van der Waals surface area contributed by atoms with Crippen molar-refractivity contribution in [3.63, 3.8) is 0 Å². The third-order valence-corrected chi connectivity index (χ3v) is 4.44. The Morgan fingerprint density at radius 3 is 2.58 bits per heavy atom. The van der Waals surface area contributed by atoms with Crippen LogP contribution in [0.3, 0.4) is 0 Å². The first-order valence-corrected chi connectivity index (χ1v) is 9.83. The van der Waals surface area contributed by atoms with Crippen LogP contribution in [-0.2, 0) is 6.54 Å². The molecule has 1 aromatic carbocycles. The van der Waals surface area contributed by atoms with Crippen LogP contribution in [0, 0.1) is 6.92 Å². The van der Waals surface area contributed by atoms with Crippen LogP contribution in [0.25, 0.3) is 11.3 Å². The second-order valence-corrected chi connectivity index (χ2v) is 7.08. The van der Waals surface area contributed by atoms with E-state index in [2.05, 4.69) is 32.6 Å². The molecule has 0 saturated carbocycles. The van der Waals surface area contributed by atoms with Gasteiger partial charge in [-0.05, 0) is 31.0 Å². The molecule has 1 amide bonds. The predicted octanol–water partition coefficient (Wildman–Crippen LogP) is 4.48. The molecule has 0 saturated heterocycles. The zero-order chi connectivity index (χ0) is 22.4. The number of carbonyl (C=O) groups is 1. The molecule has 164 valence electrons. The molecular formula is C21H23F3N6O. The highest BCUT2D eigenvalue weighted by atomic mass is 19.4. The van der Waals surface area contributed by atoms with Crippen molar-refractivity contribution in [3.05, 3.63) is 54.0 Å². The Morgan fingerprint density at radius 2 is 1.90 bits per heavy atom. The Morgan fingerprint density at radius 1 is 1.16 bits per heavy atom. The van der Waals surface area contributed by atoms with E-state index in [1.54, 1.807) is 30.5 Å². The van der Waals surface area contributed by atoms with Crippen molar-refractivity contribution in [2.24, 2.45) is 0 Å². The summed E-state index contributed by atoms with van der Waals surface area (Å²) in [4.78, 5) is 20.8. The highest BCUT2D eigenvalue weighted by Gasteiger charge is 2.28. The lowest BCUT2D eigenvalue weighted by atomic mass is 10.1. The Balaban J connectivity index is 1.73. The summed E-state index contributed by atoms with van der Waals surface area (Å²) in [5, 5.41) is 9.43. The van der Waals surface area contributed by atoms with Crippen molar-refractivity contribution in [1.29, 1.82) is 0 Å². The maximum Gasteiger partial charge on any atom is 0.408 e. The fourth-order valence-corrected chi connectivity index (χ4v) is 2.88. The average Bonchev–Trinajstić information content (AvgIpc) is 3.14. The minimum absolute atomic E-state index is 0.127. The van der Waals surface area contributed by atoms with Crippen LogP contribution in [0.2, 0.25) is 0 Å². The Kier molecular flexibility index (Phi) is 6.88. The monoisotopic (exact) mass is 432 g/mol. The summed E-state index contributed by atoms with van der Waals surface area (Å²) in [6.07, 6.45) is 1.72. The van der Waals surface area contributed by atoms with Crippen LogP contribution >= 0.6 is 0 Å². The number of alkyl halides is 3. The molecule has 31 heavy (non-hydrogen) atoms. The van der Waals surface area contributed by atoms with Crippen LogP contribution in [-0.4, -0.2) is 38.4 Å². The SMILES string of the molecule is CCCCNC(=O)c1ccc(-c2nc(Nc3cnn(CC(F)(F)F)c3)ncc2C)cc1. The molecule has 2 heterocycles. The van der Waals surface area contributed by atoms with Gasteiger partial charge in [-0.3, -0.25) is 9.48 Å². The number of benzene rings is 1. The predicted molar refractivity (Wildman–Crippen MR) is 111 cm³/mol. The Labute approximate surface area is 177 Å². The molecule has 3 aromatic rings. The number of unbranched alkanes of at least 4 members (excludes halogenated alkanes) is 1. The zero-order valence-corrected chi connectivity index (χ0v) is 17.2. The molecule has 3 rings (SSSR count). The van der Waals surface area contributed by atoms with Gasteiger partial charge in [0, 0.05) is 30.1 Å². The first-order chi connectivity index (χ1) is 14.7. The molecule has 0 aliphatic carbocycles. The number of halogens is 3. The van der Waals surface area contributed by atoms with Crippen molar-refractivity contribution in [1.82, 2.24) is 25.1 Å². The maximum absolute atomic E-state index is 12.5. The quantitative estimate of drug-likeness (QED) is 0.513. The number of nitrogens with zero attached hydrogens (tertiary/aromatic N) is 4. The number of anilines is 2. The summed E-state index contributed by atoms with van der Waals surface area (Å²) in [6, 6.07) is 7.06. The van der Waals surface area contributed by atoms with Gasteiger partial charge in [0.05, 0.1) is 17.6 Å². The molecule has 0 radical (unpaired) electrons. The molecule has 10 heteroatoms. The van der Waals surface area contributed by atoms with E-state index in [-0.39, 0.29) is 11.9 Å². The van der Waals surface area contributed by atoms with E-state index in [9.17, 15) is 18.0 Å². The van der Waals surface area contributed by atoms with Gasteiger partial charge < -0.3 is 10.6 Å². The van der Waals surface area contributed by atoms with Gasteiger partial charge in [-0.15, -0.1) is 0 Å². The van der Waals surface area contributed by atoms with Gasteiger partial charge in [0.2, 0.25) is 5.95 Å². The molecule has 2 aromatic heterocycles. The number of rotatable bonds is 8. The van der Waals surface area contributed by atoms with Crippen LogP contribution in [0.15, 0.2) is 42.9 Å². The van der Waals surface area contributed by atoms with E-state index in [0.717, 1.165) is 28.7 Å². The van der Waals surface area contributed by atoms with Crippen LogP contribution < -0.4 is 10.6 Å². The van der Waals surface area contributed by atoms with Crippen molar-refractivity contribution in [2.45, 2.75) is 39.4 Å². The van der Waals surface area contributed by atoms with Crippen molar-refractivity contribution in [2.75, 3.05) is 11.9 Å². The first kappa shape index (κ1) is 22.3. The van der Waals surface area contributed by atoms with Gasteiger partial charge in [-0.1, -0.05) is 25.5 Å². The van der Waals surface area contributed by atoms with Crippen molar-refractivity contribution < 1.29 is 18.0 Å². The maximum atomic E-state index is 12.5. The van der Waals surface area contributed by atoms with Gasteiger partial charge in [0.15, 0.2) is 0 Å². The lowest BCUT2D eigenvalue weighted by molar-refractivity contribution is -0.142. The molecule has 2 N–H and O–H groups in total. The number of hydrogen-bond donors (Lipinski definition) is 2. The highest BCUT2D eigenvalue weighted by Crippen LogP contribution is 2.24. The van der Waals surface area contributed by atoms with Gasteiger partial charge in [-0.2, -0.15) is 18.3 Å². The normalized spacial score (nSPS) is 11.4. The third-order valence-electron chi connectivity index (χ3n) is 4.44. The molecule has 0 fully saturated rings. The standard InChI is InChI=1S/C21H23F3N6O/c1-3-4-9-25-19(31)16-7-5-15(6-8-16)18-14(2)10-26-20(29-18)28-17-11-27-30(12-17)13-21(22,23)24/h5-8,10-12H,3-4,9,13H2,1-2H3,(H,25,31)(H,26,28,29). The van der Waals surface area contributed by atoms with E-state index < -0.39 is 12.7 Å². The van der Waals surface area contributed by atoms with Crippen LogP contribution in [0.5, 0.6) is 0 Å². The largest absolute Gasteiger partial charge is 0.408 e. The van der Waals surface area contributed by atoms with Gasteiger partial charge in [0.1, 0.15) is 6.54 Å². The van der Waals surface area contributed by atoms with Gasteiger partial charge in [0.25, 0.3) is 5.91 Å². The summed E-state index contributed by atoms with van der Waals surface area (Å²) in [7, 11) is 0. The summed E-state index contributed by atoms with van der Waals surface area (Å²) >= 11 is 0. The van der Waals surface area contributed by atoms with Crippen LogP contribution in [0.1, 0.15) is 35.7 Å². The van der Waals surface area contributed by atoms with E-state index in [0.29, 0.717) is 23.5 Å². The highest BCUT2D eigenvalue weighted by molar-refractivity contribution is 5.94. The van der Waals surface area contributed by atoms with E-state index in [1.807, 2.05) is 6.92 Å². The summed E-state index contributed by atoms with van der Waals surface area (Å²) < 4.78 is 38.3. The second kappa shape index (κ2) is 9.59. The van der Waals surface area contributed by atoms with E-state index >= 15 is 0 Å². The molecule has 0 aliphatic heterocycles. The topological polar surface area (TPSA) is 84.7 Å². The average molecular weight is 432 g/mol. The Hall–Kier alpha value is -3.43. The van der Waals surface area contributed by atoms with Gasteiger partial charge in [-0.25, -0.2) is 9.97 Å². The number of aromatic nitrogens is 4.